The molecule has 0 N–H and O–H groups in total. The van der Waals surface area contributed by atoms with Crippen molar-refractivity contribution >= 4 is 23.5 Å². The number of carbonyl (C=O) groups excluding carboxylic acids is 1. The molecule has 2 rings (SSSR count). The number of rotatable bonds is 3. The Kier molecular flexibility index (Phi) is 4.06. The molecule has 0 aliphatic carbocycles. The SMILES string of the molecule is COC(=O)C1CN(c2cc(SC)ncn2)CC1C. The lowest BCUT2D eigenvalue weighted by Crippen LogP contribution is -2.24. The Morgan fingerprint density at radius 2 is 2.28 bits per heavy atom. The minimum Gasteiger partial charge on any atom is -0.469 e. The molecule has 0 spiro atoms. The molecule has 1 aliphatic heterocycles. The van der Waals surface area contributed by atoms with Crippen LogP contribution in [0.25, 0.3) is 0 Å². The second-order valence-electron chi connectivity index (χ2n) is 4.43. The van der Waals surface area contributed by atoms with Crippen LogP contribution in [-0.2, 0) is 9.53 Å². The summed E-state index contributed by atoms with van der Waals surface area (Å²) in [6.45, 7) is 3.56. The fourth-order valence-corrected chi connectivity index (χ4v) is 2.60. The third kappa shape index (κ3) is 2.58. The third-order valence-electron chi connectivity index (χ3n) is 3.28. The number of carbonyl (C=O) groups is 1. The van der Waals surface area contributed by atoms with Gasteiger partial charge in [0.15, 0.2) is 0 Å². The van der Waals surface area contributed by atoms with E-state index in [-0.39, 0.29) is 17.8 Å². The van der Waals surface area contributed by atoms with Gasteiger partial charge >= 0.3 is 5.97 Å². The van der Waals surface area contributed by atoms with Gasteiger partial charge in [-0.2, -0.15) is 0 Å². The Bertz CT molecular complexity index is 441. The van der Waals surface area contributed by atoms with Crippen LogP contribution in [0.2, 0.25) is 0 Å². The van der Waals surface area contributed by atoms with Crippen LogP contribution in [0, 0.1) is 11.8 Å². The monoisotopic (exact) mass is 267 g/mol. The van der Waals surface area contributed by atoms with E-state index >= 15 is 0 Å². The van der Waals surface area contributed by atoms with Gasteiger partial charge in [0.05, 0.1) is 13.0 Å². The smallest absolute Gasteiger partial charge is 0.310 e. The second-order valence-corrected chi connectivity index (χ2v) is 5.26. The van der Waals surface area contributed by atoms with Gasteiger partial charge in [0.2, 0.25) is 0 Å². The minimum absolute atomic E-state index is 0.0669. The van der Waals surface area contributed by atoms with Crippen molar-refractivity contribution in [3.8, 4) is 0 Å². The first-order chi connectivity index (χ1) is 8.65. The van der Waals surface area contributed by atoms with Gasteiger partial charge in [-0.3, -0.25) is 4.79 Å². The van der Waals surface area contributed by atoms with Crippen molar-refractivity contribution in [2.75, 3.05) is 31.4 Å². The van der Waals surface area contributed by atoms with Crippen molar-refractivity contribution in [3.63, 3.8) is 0 Å². The van der Waals surface area contributed by atoms with Crippen LogP contribution in [-0.4, -0.2) is 42.4 Å². The van der Waals surface area contributed by atoms with Gasteiger partial charge in [-0.25, -0.2) is 9.97 Å². The fourth-order valence-electron chi connectivity index (χ4n) is 2.23. The molecule has 0 bridgehead atoms. The highest BCUT2D eigenvalue weighted by Gasteiger charge is 2.36. The molecule has 1 saturated heterocycles. The Hall–Kier alpha value is -1.30. The molecule has 1 aliphatic rings. The van der Waals surface area contributed by atoms with E-state index in [0.717, 1.165) is 17.4 Å². The van der Waals surface area contributed by atoms with Gasteiger partial charge in [-0.15, -0.1) is 11.8 Å². The van der Waals surface area contributed by atoms with Gasteiger partial charge in [-0.05, 0) is 12.2 Å². The summed E-state index contributed by atoms with van der Waals surface area (Å²) in [4.78, 5) is 22.2. The third-order valence-corrected chi connectivity index (χ3v) is 3.92. The maximum atomic E-state index is 11.6. The largest absolute Gasteiger partial charge is 0.469 e. The van der Waals surface area contributed by atoms with Gasteiger partial charge in [0.25, 0.3) is 0 Å². The number of aromatic nitrogens is 2. The first kappa shape index (κ1) is 13.1. The highest BCUT2D eigenvalue weighted by Crippen LogP contribution is 2.28. The number of methoxy groups -OCH3 is 1. The Balaban J connectivity index is 2.13. The Morgan fingerprint density at radius 3 is 2.94 bits per heavy atom. The number of ether oxygens (including phenoxy) is 1. The molecule has 1 aromatic rings. The molecule has 0 amide bonds. The molecule has 2 atom stereocenters. The van der Waals surface area contributed by atoms with Gasteiger partial charge in [0, 0.05) is 19.2 Å². The van der Waals surface area contributed by atoms with Crippen LogP contribution in [0.3, 0.4) is 0 Å². The number of nitrogens with zero attached hydrogens (tertiary/aromatic N) is 3. The molecule has 0 aromatic carbocycles. The van der Waals surface area contributed by atoms with Crippen molar-refractivity contribution < 1.29 is 9.53 Å². The molecule has 18 heavy (non-hydrogen) atoms. The molecule has 2 heterocycles. The van der Waals surface area contributed by atoms with E-state index in [4.69, 9.17) is 4.74 Å². The van der Waals surface area contributed by atoms with Crippen molar-refractivity contribution in [2.45, 2.75) is 11.9 Å². The summed E-state index contributed by atoms with van der Waals surface area (Å²) in [5.74, 6) is 0.963. The van der Waals surface area contributed by atoms with Crippen molar-refractivity contribution in [1.82, 2.24) is 9.97 Å². The van der Waals surface area contributed by atoms with Crippen LogP contribution in [0.15, 0.2) is 17.4 Å². The van der Waals surface area contributed by atoms with E-state index < -0.39 is 0 Å². The Morgan fingerprint density at radius 1 is 1.50 bits per heavy atom. The minimum atomic E-state index is -0.135. The lowest BCUT2D eigenvalue weighted by molar-refractivity contribution is -0.145. The highest BCUT2D eigenvalue weighted by atomic mass is 32.2. The zero-order valence-corrected chi connectivity index (χ0v) is 11.6. The Labute approximate surface area is 111 Å². The second kappa shape index (κ2) is 5.56. The first-order valence-corrected chi connectivity index (χ1v) is 7.07. The summed E-state index contributed by atoms with van der Waals surface area (Å²) in [7, 11) is 1.44. The normalized spacial score (nSPS) is 23.2. The summed E-state index contributed by atoms with van der Waals surface area (Å²) in [6.07, 6.45) is 3.55. The molecule has 6 heteroatoms. The lowest BCUT2D eigenvalue weighted by atomic mass is 9.99. The quantitative estimate of drug-likeness (QED) is 0.469. The van der Waals surface area contributed by atoms with Crippen LogP contribution < -0.4 is 4.90 Å². The number of esters is 1. The van der Waals surface area contributed by atoms with Crippen molar-refractivity contribution in [1.29, 1.82) is 0 Å². The molecule has 98 valence electrons. The average Bonchev–Trinajstić information content (AvgIpc) is 2.80. The zero-order valence-electron chi connectivity index (χ0n) is 10.8. The van der Waals surface area contributed by atoms with Crippen LogP contribution in [0.5, 0.6) is 0 Å². The molecule has 1 fully saturated rings. The van der Waals surface area contributed by atoms with E-state index in [1.54, 1.807) is 18.1 Å². The summed E-state index contributed by atoms with van der Waals surface area (Å²) in [5, 5.41) is 0.939. The summed E-state index contributed by atoms with van der Waals surface area (Å²) < 4.78 is 4.83. The summed E-state index contributed by atoms with van der Waals surface area (Å²) >= 11 is 1.58. The summed E-state index contributed by atoms with van der Waals surface area (Å²) in [5.41, 5.74) is 0. The van der Waals surface area contributed by atoms with Crippen LogP contribution in [0.4, 0.5) is 5.82 Å². The number of hydrogen-bond donors (Lipinski definition) is 0. The molecule has 2 unspecified atom stereocenters. The van der Waals surface area contributed by atoms with Crippen LogP contribution in [0.1, 0.15) is 6.92 Å². The molecular weight excluding hydrogens is 250 g/mol. The van der Waals surface area contributed by atoms with Crippen molar-refractivity contribution in [2.24, 2.45) is 11.8 Å². The van der Waals surface area contributed by atoms with E-state index in [9.17, 15) is 4.79 Å². The van der Waals surface area contributed by atoms with E-state index in [1.807, 2.05) is 12.3 Å². The predicted octanol–water partition coefficient (Wildman–Crippen LogP) is 1.44. The van der Waals surface area contributed by atoms with Crippen molar-refractivity contribution in [3.05, 3.63) is 12.4 Å². The van der Waals surface area contributed by atoms with Crippen LogP contribution >= 0.6 is 11.8 Å². The first-order valence-electron chi connectivity index (χ1n) is 5.84. The standard InChI is InChI=1S/C12H17N3O2S/c1-8-5-15(6-9(8)12(16)17-2)10-4-11(18-3)14-7-13-10/h4,7-9H,5-6H2,1-3H3. The molecule has 5 nitrogen and oxygen atoms in total. The highest BCUT2D eigenvalue weighted by molar-refractivity contribution is 7.98. The topological polar surface area (TPSA) is 55.3 Å². The lowest BCUT2D eigenvalue weighted by Gasteiger charge is -2.17. The maximum absolute atomic E-state index is 11.6. The van der Waals surface area contributed by atoms with Gasteiger partial charge in [0.1, 0.15) is 17.2 Å². The van der Waals surface area contributed by atoms with Gasteiger partial charge < -0.3 is 9.64 Å². The maximum Gasteiger partial charge on any atom is 0.310 e. The molecule has 0 radical (unpaired) electrons. The summed E-state index contributed by atoms with van der Waals surface area (Å²) in [6, 6.07) is 1.96. The molecule has 1 aromatic heterocycles. The molecular formula is C12H17N3O2S. The zero-order chi connectivity index (χ0) is 13.1. The van der Waals surface area contributed by atoms with E-state index in [2.05, 4.69) is 21.8 Å². The number of hydrogen-bond acceptors (Lipinski definition) is 6. The van der Waals surface area contributed by atoms with E-state index in [0.29, 0.717) is 6.54 Å². The van der Waals surface area contributed by atoms with E-state index in [1.165, 1.54) is 7.11 Å². The fraction of sp³-hybridized carbons (Fsp3) is 0.583. The molecule has 0 saturated carbocycles. The van der Waals surface area contributed by atoms with Gasteiger partial charge in [-0.1, -0.05) is 6.92 Å². The number of thioether (sulfide) groups is 1. The average molecular weight is 267 g/mol. The number of anilines is 1. The predicted molar refractivity (Wildman–Crippen MR) is 70.7 cm³/mol.